The summed E-state index contributed by atoms with van der Waals surface area (Å²) in [5.74, 6) is 1.89. The van der Waals surface area contributed by atoms with Crippen LogP contribution in [0.5, 0.6) is 17.2 Å². The zero-order valence-corrected chi connectivity index (χ0v) is 16.3. The Bertz CT molecular complexity index is 918. The molecule has 146 valence electrons. The maximum Gasteiger partial charge on any atom is 0.240 e. The van der Waals surface area contributed by atoms with Gasteiger partial charge in [-0.3, -0.25) is 0 Å². The minimum Gasteiger partial charge on any atom is -0.496 e. The Hall–Kier alpha value is -2.29. The van der Waals surface area contributed by atoms with Crippen LogP contribution in [0.4, 0.5) is 0 Å². The van der Waals surface area contributed by atoms with Crippen LogP contribution in [0.15, 0.2) is 35.2 Å². The molecule has 3 rings (SSSR count). The molecule has 8 heteroatoms. The number of aliphatic hydroxyl groups is 1. The summed E-state index contributed by atoms with van der Waals surface area (Å²) in [6.07, 6.45) is -0.589. The monoisotopic (exact) mass is 393 g/mol. The van der Waals surface area contributed by atoms with Gasteiger partial charge in [-0.2, -0.15) is 0 Å². The molecule has 1 atom stereocenters. The van der Waals surface area contributed by atoms with Gasteiger partial charge in [0, 0.05) is 6.54 Å². The highest BCUT2D eigenvalue weighted by molar-refractivity contribution is 7.89. The summed E-state index contributed by atoms with van der Waals surface area (Å²) < 4.78 is 43.4. The van der Waals surface area contributed by atoms with Crippen molar-refractivity contribution in [3.05, 3.63) is 47.0 Å². The fourth-order valence-corrected chi connectivity index (χ4v) is 4.31. The first-order valence-corrected chi connectivity index (χ1v) is 10.0. The minimum absolute atomic E-state index is 0.0993. The van der Waals surface area contributed by atoms with Gasteiger partial charge in [0.25, 0.3) is 0 Å². The van der Waals surface area contributed by atoms with Crippen molar-refractivity contribution in [1.29, 1.82) is 0 Å². The number of rotatable bonds is 7. The van der Waals surface area contributed by atoms with Crippen molar-refractivity contribution < 1.29 is 27.7 Å². The molecule has 1 unspecified atom stereocenters. The van der Waals surface area contributed by atoms with E-state index in [2.05, 4.69) is 4.72 Å². The number of benzene rings is 2. The van der Waals surface area contributed by atoms with Crippen molar-refractivity contribution in [2.45, 2.75) is 31.3 Å². The van der Waals surface area contributed by atoms with Crippen molar-refractivity contribution in [1.82, 2.24) is 4.72 Å². The fourth-order valence-electron chi connectivity index (χ4n) is 3.09. The van der Waals surface area contributed by atoms with Gasteiger partial charge in [-0.05, 0) is 61.2 Å². The topological polar surface area (TPSA) is 94.1 Å². The molecule has 0 bridgehead atoms. The third-order valence-corrected chi connectivity index (χ3v) is 5.88. The summed E-state index contributed by atoms with van der Waals surface area (Å²) >= 11 is 0. The molecule has 2 aromatic carbocycles. The second-order valence-corrected chi connectivity index (χ2v) is 8.17. The van der Waals surface area contributed by atoms with Crippen molar-refractivity contribution in [2.24, 2.45) is 0 Å². The molecule has 0 fully saturated rings. The van der Waals surface area contributed by atoms with Crippen LogP contribution < -0.4 is 18.9 Å². The van der Waals surface area contributed by atoms with E-state index < -0.39 is 16.1 Å². The number of methoxy groups -OCH3 is 1. The smallest absolute Gasteiger partial charge is 0.240 e. The molecule has 0 aliphatic carbocycles. The standard InChI is InChI=1S/C19H23NO6S/c1-12-8-15(9-13(2)19(12)24-3)27(22,23)20-7-6-16(21)14-4-5-17-18(10-14)26-11-25-17/h4-5,8-10,16,20-21H,6-7,11H2,1-3H3. The van der Waals surface area contributed by atoms with E-state index >= 15 is 0 Å². The van der Waals surface area contributed by atoms with E-state index in [0.29, 0.717) is 22.8 Å². The highest BCUT2D eigenvalue weighted by Crippen LogP contribution is 2.34. The van der Waals surface area contributed by atoms with Gasteiger partial charge in [0.2, 0.25) is 16.8 Å². The van der Waals surface area contributed by atoms with Gasteiger partial charge in [-0.15, -0.1) is 0 Å². The molecule has 0 amide bonds. The van der Waals surface area contributed by atoms with Gasteiger partial charge in [-0.25, -0.2) is 13.1 Å². The Balaban J connectivity index is 1.64. The number of sulfonamides is 1. The number of hydrogen-bond donors (Lipinski definition) is 2. The predicted octanol–water partition coefficient (Wildman–Crippen LogP) is 2.44. The third kappa shape index (κ3) is 4.18. The molecule has 0 aromatic heterocycles. The normalized spacial score (nSPS) is 14.2. The molecule has 7 nitrogen and oxygen atoms in total. The van der Waals surface area contributed by atoms with E-state index in [4.69, 9.17) is 14.2 Å². The van der Waals surface area contributed by atoms with E-state index in [9.17, 15) is 13.5 Å². The van der Waals surface area contributed by atoms with E-state index in [1.165, 1.54) is 0 Å². The Morgan fingerprint density at radius 1 is 1.15 bits per heavy atom. The summed E-state index contributed by atoms with van der Waals surface area (Å²) in [4.78, 5) is 0.177. The molecule has 27 heavy (non-hydrogen) atoms. The van der Waals surface area contributed by atoms with Gasteiger partial charge in [-0.1, -0.05) is 6.07 Å². The maximum atomic E-state index is 12.5. The Kier molecular flexibility index (Phi) is 5.59. The number of aliphatic hydroxyl groups excluding tert-OH is 1. The Labute approximate surface area is 158 Å². The lowest BCUT2D eigenvalue weighted by Crippen LogP contribution is -2.26. The average Bonchev–Trinajstić information content (AvgIpc) is 3.08. The Morgan fingerprint density at radius 2 is 1.81 bits per heavy atom. The lowest BCUT2D eigenvalue weighted by molar-refractivity contribution is 0.166. The number of nitrogens with one attached hydrogen (secondary N) is 1. The van der Waals surface area contributed by atoms with Crippen LogP contribution in [-0.2, 0) is 10.0 Å². The summed E-state index contributed by atoms with van der Waals surface area (Å²) in [6, 6.07) is 8.32. The molecule has 0 saturated heterocycles. The summed E-state index contributed by atoms with van der Waals surface area (Å²) in [6.45, 7) is 3.86. The largest absolute Gasteiger partial charge is 0.496 e. The first-order chi connectivity index (χ1) is 12.8. The van der Waals surface area contributed by atoms with Crippen LogP contribution in [0, 0.1) is 13.8 Å². The van der Waals surface area contributed by atoms with Crippen molar-refractivity contribution in [2.75, 3.05) is 20.4 Å². The first-order valence-electron chi connectivity index (χ1n) is 8.54. The molecule has 2 aromatic rings. The second-order valence-electron chi connectivity index (χ2n) is 6.41. The maximum absolute atomic E-state index is 12.5. The van der Waals surface area contributed by atoms with Crippen LogP contribution in [0.2, 0.25) is 0 Å². The van der Waals surface area contributed by atoms with E-state index in [-0.39, 0.29) is 24.7 Å². The van der Waals surface area contributed by atoms with Gasteiger partial charge in [0.05, 0.1) is 18.1 Å². The van der Waals surface area contributed by atoms with Crippen LogP contribution >= 0.6 is 0 Å². The van der Waals surface area contributed by atoms with Crippen molar-refractivity contribution in [3.63, 3.8) is 0 Å². The van der Waals surface area contributed by atoms with E-state index in [0.717, 1.165) is 11.1 Å². The number of fused-ring (bicyclic) bond motifs is 1. The predicted molar refractivity (Wildman–Crippen MR) is 99.8 cm³/mol. The second kappa shape index (κ2) is 7.75. The fraction of sp³-hybridized carbons (Fsp3) is 0.368. The SMILES string of the molecule is COc1c(C)cc(S(=O)(=O)NCCC(O)c2ccc3c(c2)OCO3)cc1C. The highest BCUT2D eigenvalue weighted by Gasteiger charge is 2.19. The molecule has 1 aliphatic heterocycles. The molecule has 1 heterocycles. The third-order valence-electron chi connectivity index (χ3n) is 4.44. The minimum atomic E-state index is -3.68. The van der Waals surface area contributed by atoms with Crippen LogP contribution in [0.1, 0.15) is 29.2 Å². The molecule has 1 aliphatic rings. The zero-order valence-electron chi connectivity index (χ0n) is 15.5. The number of ether oxygens (including phenoxy) is 3. The van der Waals surface area contributed by atoms with Crippen molar-refractivity contribution >= 4 is 10.0 Å². The molecular formula is C19H23NO6S. The number of aryl methyl sites for hydroxylation is 2. The molecule has 2 N–H and O–H groups in total. The van der Waals surface area contributed by atoms with Crippen LogP contribution in [-0.4, -0.2) is 34.0 Å². The van der Waals surface area contributed by atoms with Crippen LogP contribution in [0.3, 0.4) is 0 Å². The summed E-state index contributed by atoms with van der Waals surface area (Å²) in [7, 11) is -2.12. The molecular weight excluding hydrogens is 370 g/mol. The van der Waals surface area contributed by atoms with Gasteiger partial charge in [0.1, 0.15) is 5.75 Å². The molecule has 0 saturated carbocycles. The first kappa shape index (κ1) is 19.5. The quantitative estimate of drug-likeness (QED) is 0.750. The van der Waals surface area contributed by atoms with Gasteiger partial charge < -0.3 is 19.3 Å². The number of hydrogen-bond acceptors (Lipinski definition) is 6. The summed E-state index contributed by atoms with van der Waals surface area (Å²) in [5.41, 5.74) is 2.14. The molecule has 0 spiro atoms. The van der Waals surface area contributed by atoms with Gasteiger partial charge in [0.15, 0.2) is 11.5 Å². The highest BCUT2D eigenvalue weighted by atomic mass is 32.2. The van der Waals surface area contributed by atoms with Crippen molar-refractivity contribution in [3.8, 4) is 17.2 Å². The lowest BCUT2D eigenvalue weighted by Gasteiger charge is -2.14. The molecule has 0 radical (unpaired) electrons. The average molecular weight is 393 g/mol. The van der Waals surface area contributed by atoms with E-state index in [1.54, 1.807) is 51.3 Å². The van der Waals surface area contributed by atoms with E-state index in [1.807, 2.05) is 0 Å². The Morgan fingerprint density at radius 3 is 2.48 bits per heavy atom. The zero-order chi connectivity index (χ0) is 19.6. The lowest BCUT2D eigenvalue weighted by atomic mass is 10.1. The van der Waals surface area contributed by atoms with Crippen LogP contribution in [0.25, 0.3) is 0 Å². The van der Waals surface area contributed by atoms with Gasteiger partial charge >= 0.3 is 0 Å². The summed E-state index contributed by atoms with van der Waals surface area (Å²) in [5, 5.41) is 10.3.